The quantitative estimate of drug-likeness (QED) is 0.674. The lowest BCUT2D eigenvalue weighted by Crippen LogP contribution is -2.13. The molecule has 5 N–H and O–H groups in total. The largest absolute Gasteiger partial charge is 0.367 e. The van der Waals surface area contributed by atoms with E-state index >= 15 is 0 Å². The number of nitrogen functional groups attached to an aromatic ring is 1. The van der Waals surface area contributed by atoms with Crippen molar-refractivity contribution in [3.63, 3.8) is 0 Å². The summed E-state index contributed by atoms with van der Waals surface area (Å²) in [4.78, 5) is 14.6. The summed E-state index contributed by atoms with van der Waals surface area (Å²) in [7, 11) is 0. The Hall–Kier alpha value is -3.02. The standard InChI is InChI=1S/C14H12N4O2/c15-13(19)11-12(18-20-14(11)16)10-7-6-9(17-10)8-4-2-1-3-5-8/h1-7,17H,16H2,(H2,15,19). The van der Waals surface area contributed by atoms with Crippen molar-refractivity contribution in [1.82, 2.24) is 10.1 Å². The zero-order valence-corrected chi connectivity index (χ0v) is 10.5. The van der Waals surface area contributed by atoms with Gasteiger partial charge in [0.05, 0.1) is 5.69 Å². The van der Waals surface area contributed by atoms with Crippen molar-refractivity contribution in [3.8, 4) is 22.6 Å². The average Bonchev–Trinajstić information content (AvgIpc) is 3.05. The molecule has 0 aliphatic rings. The third kappa shape index (κ3) is 1.93. The van der Waals surface area contributed by atoms with Crippen LogP contribution in [-0.4, -0.2) is 16.0 Å². The molecular formula is C14H12N4O2. The first kappa shape index (κ1) is 12.0. The molecule has 1 amide bonds. The molecule has 0 unspecified atom stereocenters. The van der Waals surface area contributed by atoms with Crippen LogP contribution in [0.25, 0.3) is 22.6 Å². The number of carbonyl (C=O) groups is 1. The van der Waals surface area contributed by atoms with Gasteiger partial charge in [-0.1, -0.05) is 35.5 Å². The lowest BCUT2D eigenvalue weighted by Gasteiger charge is -1.98. The summed E-state index contributed by atoms with van der Waals surface area (Å²) < 4.78 is 4.83. The van der Waals surface area contributed by atoms with Crippen molar-refractivity contribution in [2.45, 2.75) is 0 Å². The van der Waals surface area contributed by atoms with E-state index < -0.39 is 5.91 Å². The van der Waals surface area contributed by atoms with Gasteiger partial charge in [-0.3, -0.25) is 4.79 Å². The van der Waals surface area contributed by atoms with Gasteiger partial charge in [0.25, 0.3) is 5.91 Å². The molecule has 0 fully saturated rings. The Bertz CT molecular complexity index is 759. The highest BCUT2D eigenvalue weighted by Gasteiger charge is 2.21. The van der Waals surface area contributed by atoms with E-state index in [9.17, 15) is 4.79 Å². The van der Waals surface area contributed by atoms with Crippen LogP contribution in [0.3, 0.4) is 0 Å². The van der Waals surface area contributed by atoms with E-state index in [4.69, 9.17) is 16.0 Å². The van der Waals surface area contributed by atoms with E-state index in [1.807, 2.05) is 36.4 Å². The van der Waals surface area contributed by atoms with Crippen molar-refractivity contribution in [2.24, 2.45) is 5.73 Å². The number of benzene rings is 1. The number of hydrogen-bond acceptors (Lipinski definition) is 4. The van der Waals surface area contributed by atoms with Gasteiger partial charge in [0.1, 0.15) is 11.3 Å². The van der Waals surface area contributed by atoms with Crippen LogP contribution in [0.2, 0.25) is 0 Å². The summed E-state index contributed by atoms with van der Waals surface area (Å²) >= 11 is 0. The zero-order valence-electron chi connectivity index (χ0n) is 10.5. The van der Waals surface area contributed by atoms with Crippen LogP contribution in [0, 0.1) is 0 Å². The molecule has 0 saturated carbocycles. The van der Waals surface area contributed by atoms with E-state index in [1.54, 1.807) is 6.07 Å². The Kier molecular flexibility index (Phi) is 2.76. The van der Waals surface area contributed by atoms with Crippen molar-refractivity contribution in [2.75, 3.05) is 5.73 Å². The second-order valence-corrected chi connectivity index (χ2v) is 4.29. The van der Waals surface area contributed by atoms with E-state index in [1.165, 1.54) is 0 Å². The van der Waals surface area contributed by atoms with Crippen molar-refractivity contribution in [1.29, 1.82) is 0 Å². The molecule has 2 aromatic heterocycles. The number of rotatable bonds is 3. The Balaban J connectivity index is 2.05. The molecule has 2 heterocycles. The highest BCUT2D eigenvalue weighted by Crippen LogP contribution is 2.28. The number of carbonyl (C=O) groups excluding carboxylic acids is 1. The van der Waals surface area contributed by atoms with Gasteiger partial charge >= 0.3 is 0 Å². The fraction of sp³-hybridized carbons (Fsp3) is 0. The molecule has 0 radical (unpaired) electrons. The first-order valence-corrected chi connectivity index (χ1v) is 5.96. The molecule has 0 spiro atoms. The summed E-state index contributed by atoms with van der Waals surface area (Å²) in [5.41, 5.74) is 13.8. The smallest absolute Gasteiger partial charge is 0.256 e. The lowest BCUT2D eigenvalue weighted by atomic mass is 10.2. The summed E-state index contributed by atoms with van der Waals surface area (Å²) in [6.45, 7) is 0. The summed E-state index contributed by atoms with van der Waals surface area (Å²) in [5.74, 6) is -0.752. The number of nitrogens with two attached hydrogens (primary N) is 2. The number of hydrogen-bond donors (Lipinski definition) is 3. The molecule has 100 valence electrons. The monoisotopic (exact) mass is 268 g/mol. The number of H-pyrrole nitrogens is 1. The van der Waals surface area contributed by atoms with Gasteiger partial charge in [-0.25, -0.2) is 0 Å². The maximum absolute atomic E-state index is 11.4. The van der Waals surface area contributed by atoms with E-state index in [2.05, 4.69) is 10.1 Å². The van der Waals surface area contributed by atoms with Gasteiger partial charge in [-0.05, 0) is 17.7 Å². The van der Waals surface area contributed by atoms with Crippen LogP contribution in [0.1, 0.15) is 10.4 Å². The number of aromatic nitrogens is 2. The molecule has 0 bridgehead atoms. The van der Waals surface area contributed by atoms with Crippen molar-refractivity contribution < 1.29 is 9.32 Å². The van der Waals surface area contributed by atoms with Gasteiger partial charge in [-0.2, -0.15) is 0 Å². The molecular weight excluding hydrogens is 256 g/mol. The number of primary amides is 1. The zero-order chi connectivity index (χ0) is 14.1. The third-order valence-corrected chi connectivity index (χ3v) is 2.99. The number of aromatic amines is 1. The van der Waals surface area contributed by atoms with Gasteiger partial charge < -0.3 is 21.0 Å². The molecule has 6 nitrogen and oxygen atoms in total. The first-order valence-electron chi connectivity index (χ1n) is 5.96. The minimum atomic E-state index is -0.672. The highest BCUT2D eigenvalue weighted by atomic mass is 16.5. The molecule has 6 heteroatoms. The maximum atomic E-state index is 11.4. The topological polar surface area (TPSA) is 111 Å². The number of nitrogens with zero attached hydrogens (tertiary/aromatic N) is 1. The van der Waals surface area contributed by atoms with Crippen molar-refractivity contribution >= 4 is 11.8 Å². The van der Waals surface area contributed by atoms with Crippen LogP contribution in [0.15, 0.2) is 47.0 Å². The Morgan fingerprint density at radius 3 is 2.50 bits per heavy atom. The van der Waals surface area contributed by atoms with Crippen LogP contribution in [-0.2, 0) is 0 Å². The van der Waals surface area contributed by atoms with Gasteiger partial charge in [-0.15, -0.1) is 0 Å². The fourth-order valence-electron chi connectivity index (χ4n) is 2.04. The molecule has 20 heavy (non-hydrogen) atoms. The number of amides is 1. The average molecular weight is 268 g/mol. The second kappa shape index (κ2) is 4.58. The Labute approximate surface area is 114 Å². The van der Waals surface area contributed by atoms with E-state index in [0.717, 1.165) is 11.3 Å². The minimum Gasteiger partial charge on any atom is -0.367 e. The van der Waals surface area contributed by atoms with Crippen LogP contribution >= 0.6 is 0 Å². The van der Waals surface area contributed by atoms with Gasteiger partial charge in [0.15, 0.2) is 0 Å². The summed E-state index contributed by atoms with van der Waals surface area (Å²) in [5, 5.41) is 3.78. The third-order valence-electron chi connectivity index (χ3n) is 2.99. The Morgan fingerprint density at radius 2 is 1.80 bits per heavy atom. The van der Waals surface area contributed by atoms with Crippen molar-refractivity contribution in [3.05, 3.63) is 48.0 Å². The molecule has 3 aromatic rings. The highest BCUT2D eigenvalue weighted by molar-refractivity contribution is 6.02. The summed E-state index contributed by atoms with van der Waals surface area (Å²) in [6, 6.07) is 13.5. The summed E-state index contributed by atoms with van der Waals surface area (Å²) in [6.07, 6.45) is 0. The fourth-order valence-corrected chi connectivity index (χ4v) is 2.04. The van der Waals surface area contributed by atoms with Gasteiger partial charge in [0, 0.05) is 5.69 Å². The molecule has 0 atom stereocenters. The molecule has 0 aliphatic carbocycles. The molecule has 0 saturated heterocycles. The normalized spacial score (nSPS) is 10.6. The van der Waals surface area contributed by atoms with Crippen LogP contribution in [0.5, 0.6) is 0 Å². The van der Waals surface area contributed by atoms with Crippen LogP contribution < -0.4 is 11.5 Å². The number of nitrogens with one attached hydrogen (secondary N) is 1. The number of anilines is 1. The minimum absolute atomic E-state index is 0.0802. The predicted octanol–water partition coefficient (Wildman–Crippen LogP) is 2.02. The van der Waals surface area contributed by atoms with E-state index in [0.29, 0.717) is 11.4 Å². The van der Waals surface area contributed by atoms with Gasteiger partial charge in [0.2, 0.25) is 5.88 Å². The first-order chi connectivity index (χ1) is 9.66. The van der Waals surface area contributed by atoms with E-state index in [-0.39, 0.29) is 11.4 Å². The SMILES string of the molecule is NC(=O)c1c(-c2ccc(-c3ccccc3)[nH]2)noc1N. The molecule has 1 aromatic carbocycles. The lowest BCUT2D eigenvalue weighted by molar-refractivity contribution is 0.100. The second-order valence-electron chi connectivity index (χ2n) is 4.29. The Morgan fingerprint density at radius 1 is 1.10 bits per heavy atom. The maximum Gasteiger partial charge on any atom is 0.256 e. The van der Waals surface area contributed by atoms with Crippen LogP contribution in [0.4, 0.5) is 5.88 Å². The molecule has 3 rings (SSSR count). The predicted molar refractivity (Wildman–Crippen MR) is 74.7 cm³/mol. The molecule has 0 aliphatic heterocycles.